The third-order valence-corrected chi connectivity index (χ3v) is 2.85. The summed E-state index contributed by atoms with van der Waals surface area (Å²) in [6, 6.07) is 10.1. The summed E-state index contributed by atoms with van der Waals surface area (Å²) in [7, 11) is 0. The summed E-state index contributed by atoms with van der Waals surface area (Å²) in [5, 5.41) is 9.46. The highest BCUT2D eigenvalue weighted by atomic mass is 79.9. The molecule has 0 unspecified atom stereocenters. The first-order valence-electron chi connectivity index (χ1n) is 4.82. The highest BCUT2D eigenvalue weighted by Crippen LogP contribution is 2.28. The molecule has 0 fully saturated rings. The monoisotopic (exact) mass is 280 g/mol. The Hall–Kier alpha value is -1.35. The molecule has 2 aromatic carbocycles. The second-order valence-electron chi connectivity index (χ2n) is 3.66. The molecule has 0 heterocycles. The van der Waals surface area contributed by atoms with Crippen LogP contribution in [0.5, 0.6) is 5.75 Å². The van der Waals surface area contributed by atoms with Crippen LogP contribution in [-0.2, 0) is 0 Å². The van der Waals surface area contributed by atoms with Crippen molar-refractivity contribution in [3.05, 3.63) is 52.3 Å². The van der Waals surface area contributed by atoms with Crippen LogP contribution in [0.2, 0.25) is 0 Å². The number of hydrogen-bond acceptors (Lipinski definition) is 1. The van der Waals surface area contributed by atoms with Crippen LogP contribution in [0, 0.1) is 12.7 Å². The van der Waals surface area contributed by atoms with Gasteiger partial charge in [-0.1, -0.05) is 28.1 Å². The van der Waals surface area contributed by atoms with E-state index >= 15 is 0 Å². The molecule has 0 saturated carbocycles. The fraction of sp³-hybridized carbons (Fsp3) is 0.0769. The lowest BCUT2D eigenvalue weighted by atomic mass is 10.0. The van der Waals surface area contributed by atoms with Crippen molar-refractivity contribution < 1.29 is 9.50 Å². The molecular formula is C13H10BrFO. The van der Waals surface area contributed by atoms with Crippen molar-refractivity contribution in [1.29, 1.82) is 0 Å². The summed E-state index contributed by atoms with van der Waals surface area (Å²) < 4.78 is 14.2. The van der Waals surface area contributed by atoms with Gasteiger partial charge in [0.25, 0.3) is 0 Å². The van der Waals surface area contributed by atoms with Crippen LogP contribution < -0.4 is 0 Å². The van der Waals surface area contributed by atoms with Gasteiger partial charge in [0.05, 0.1) is 0 Å². The smallest absolute Gasteiger partial charge is 0.126 e. The number of phenols is 1. The number of rotatable bonds is 1. The molecule has 0 aliphatic carbocycles. The predicted molar refractivity (Wildman–Crippen MR) is 65.9 cm³/mol. The van der Waals surface area contributed by atoms with E-state index < -0.39 is 0 Å². The van der Waals surface area contributed by atoms with Crippen molar-refractivity contribution in [3.8, 4) is 16.9 Å². The lowest BCUT2D eigenvalue weighted by Gasteiger charge is -2.05. The number of hydrogen-bond donors (Lipinski definition) is 1. The Labute approximate surface area is 102 Å². The van der Waals surface area contributed by atoms with E-state index in [1.165, 1.54) is 6.07 Å². The predicted octanol–water partition coefficient (Wildman–Crippen LogP) is 4.27. The lowest BCUT2D eigenvalue weighted by molar-refractivity contribution is 0.475. The molecule has 2 rings (SSSR count). The van der Waals surface area contributed by atoms with E-state index in [1.807, 2.05) is 12.1 Å². The number of phenolic OH excluding ortho intramolecular Hbond substituents is 1. The van der Waals surface area contributed by atoms with Crippen LogP contribution in [0.4, 0.5) is 4.39 Å². The Morgan fingerprint density at radius 3 is 2.44 bits per heavy atom. The van der Waals surface area contributed by atoms with E-state index in [9.17, 15) is 9.50 Å². The first-order valence-corrected chi connectivity index (χ1v) is 5.61. The normalized spacial score (nSPS) is 10.4. The van der Waals surface area contributed by atoms with Gasteiger partial charge in [0, 0.05) is 4.47 Å². The summed E-state index contributed by atoms with van der Waals surface area (Å²) >= 11 is 3.29. The minimum Gasteiger partial charge on any atom is -0.508 e. The third kappa shape index (κ3) is 2.25. The third-order valence-electron chi connectivity index (χ3n) is 2.39. The van der Waals surface area contributed by atoms with Crippen molar-refractivity contribution in [2.75, 3.05) is 0 Å². The Morgan fingerprint density at radius 2 is 1.81 bits per heavy atom. The first-order chi connectivity index (χ1) is 7.56. The number of halogens is 2. The largest absolute Gasteiger partial charge is 0.508 e. The zero-order chi connectivity index (χ0) is 11.7. The van der Waals surface area contributed by atoms with Crippen molar-refractivity contribution >= 4 is 15.9 Å². The van der Waals surface area contributed by atoms with Crippen molar-refractivity contribution in [3.63, 3.8) is 0 Å². The van der Waals surface area contributed by atoms with Gasteiger partial charge in [-0.05, 0) is 47.9 Å². The molecule has 0 spiro atoms. The average molecular weight is 281 g/mol. The highest BCUT2D eigenvalue weighted by molar-refractivity contribution is 9.10. The summed E-state index contributed by atoms with van der Waals surface area (Å²) in [5.41, 5.74) is 2.15. The van der Waals surface area contributed by atoms with Crippen molar-refractivity contribution in [2.45, 2.75) is 6.92 Å². The minimum atomic E-state index is -0.239. The molecule has 0 saturated heterocycles. The fourth-order valence-electron chi connectivity index (χ4n) is 1.51. The molecule has 1 N–H and O–H groups in total. The maximum atomic E-state index is 13.4. The standard InChI is InChI=1S/C13H10BrFO/c1-8-2-3-9(6-13(8)15)10-4-11(14)7-12(16)5-10/h2-7,16H,1H3. The minimum absolute atomic E-state index is 0.158. The second kappa shape index (κ2) is 4.26. The molecule has 1 nitrogen and oxygen atoms in total. The first kappa shape index (κ1) is 11.1. The van der Waals surface area contributed by atoms with Gasteiger partial charge in [-0.3, -0.25) is 0 Å². The van der Waals surface area contributed by atoms with Gasteiger partial charge < -0.3 is 5.11 Å². The molecule has 0 amide bonds. The molecule has 2 aromatic rings. The van der Waals surface area contributed by atoms with E-state index in [1.54, 1.807) is 25.1 Å². The molecule has 0 aliphatic heterocycles. The average Bonchev–Trinajstić information content (AvgIpc) is 2.20. The van der Waals surface area contributed by atoms with E-state index in [-0.39, 0.29) is 11.6 Å². The Balaban J connectivity index is 2.54. The molecule has 16 heavy (non-hydrogen) atoms. The van der Waals surface area contributed by atoms with Gasteiger partial charge in [-0.15, -0.1) is 0 Å². The Morgan fingerprint density at radius 1 is 1.06 bits per heavy atom. The summed E-state index contributed by atoms with van der Waals surface area (Å²) in [5.74, 6) is -0.0812. The van der Waals surface area contributed by atoms with Crippen LogP contribution in [0.1, 0.15) is 5.56 Å². The summed E-state index contributed by atoms with van der Waals surface area (Å²) in [6.07, 6.45) is 0. The molecule has 0 radical (unpaired) electrons. The summed E-state index contributed by atoms with van der Waals surface area (Å²) in [6.45, 7) is 1.72. The van der Waals surface area contributed by atoms with Crippen LogP contribution in [0.3, 0.4) is 0 Å². The summed E-state index contributed by atoms with van der Waals surface area (Å²) in [4.78, 5) is 0. The molecular weight excluding hydrogens is 271 g/mol. The number of aromatic hydroxyl groups is 1. The number of aryl methyl sites for hydroxylation is 1. The highest BCUT2D eigenvalue weighted by Gasteiger charge is 2.04. The van der Waals surface area contributed by atoms with Crippen LogP contribution >= 0.6 is 15.9 Å². The van der Waals surface area contributed by atoms with Crippen LogP contribution in [0.25, 0.3) is 11.1 Å². The van der Waals surface area contributed by atoms with Crippen molar-refractivity contribution in [2.24, 2.45) is 0 Å². The van der Waals surface area contributed by atoms with E-state index in [2.05, 4.69) is 15.9 Å². The van der Waals surface area contributed by atoms with Gasteiger partial charge in [0.1, 0.15) is 11.6 Å². The van der Waals surface area contributed by atoms with E-state index in [0.29, 0.717) is 5.56 Å². The SMILES string of the molecule is Cc1ccc(-c2cc(O)cc(Br)c2)cc1F. The van der Waals surface area contributed by atoms with Gasteiger partial charge >= 0.3 is 0 Å². The van der Waals surface area contributed by atoms with Crippen molar-refractivity contribution in [1.82, 2.24) is 0 Å². The quantitative estimate of drug-likeness (QED) is 0.827. The van der Waals surface area contributed by atoms with E-state index in [4.69, 9.17) is 0 Å². The van der Waals surface area contributed by atoms with Crippen LogP contribution in [0.15, 0.2) is 40.9 Å². The fourth-order valence-corrected chi connectivity index (χ4v) is 1.99. The molecule has 0 atom stereocenters. The van der Waals surface area contributed by atoms with Gasteiger partial charge in [-0.25, -0.2) is 4.39 Å². The zero-order valence-corrected chi connectivity index (χ0v) is 10.3. The second-order valence-corrected chi connectivity index (χ2v) is 4.58. The molecule has 0 aromatic heterocycles. The lowest BCUT2D eigenvalue weighted by Crippen LogP contribution is -1.84. The van der Waals surface area contributed by atoms with Gasteiger partial charge in [0.15, 0.2) is 0 Å². The number of benzene rings is 2. The van der Waals surface area contributed by atoms with Gasteiger partial charge in [-0.2, -0.15) is 0 Å². The maximum Gasteiger partial charge on any atom is 0.126 e. The Kier molecular flexibility index (Phi) is 2.97. The molecule has 82 valence electrons. The Bertz CT molecular complexity index is 517. The molecule has 3 heteroatoms. The maximum absolute atomic E-state index is 13.4. The molecule has 0 aliphatic rings. The zero-order valence-electron chi connectivity index (χ0n) is 8.67. The topological polar surface area (TPSA) is 20.2 Å². The van der Waals surface area contributed by atoms with Crippen LogP contribution in [-0.4, -0.2) is 5.11 Å². The van der Waals surface area contributed by atoms with E-state index in [0.717, 1.165) is 15.6 Å². The molecule has 0 bridgehead atoms. The van der Waals surface area contributed by atoms with Gasteiger partial charge in [0.2, 0.25) is 0 Å².